The number of H-pyrrole nitrogens is 1. The van der Waals surface area contributed by atoms with Gasteiger partial charge < -0.3 is 25.3 Å². The molecule has 0 atom stereocenters. The van der Waals surface area contributed by atoms with Crippen LogP contribution in [-0.2, 0) is 7.05 Å². The van der Waals surface area contributed by atoms with E-state index < -0.39 is 5.54 Å². The molecule has 13 heteroatoms. The second-order valence-corrected chi connectivity index (χ2v) is 14.5. The molecule has 4 aromatic heterocycles. The van der Waals surface area contributed by atoms with Crippen LogP contribution in [0.15, 0.2) is 67.4 Å². The van der Waals surface area contributed by atoms with Crippen LogP contribution < -0.4 is 20.3 Å². The average molecular weight is 690 g/mol. The number of fused-ring (bicyclic) bond motifs is 2. The number of alkyl halides is 1. The van der Waals surface area contributed by atoms with Gasteiger partial charge in [0.25, 0.3) is 0 Å². The van der Waals surface area contributed by atoms with E-state index >= 15 is 0 Å². The van der Waals surface area contributed by atoms with Crippen molar-refractivity contribution < 1.29 is 9.13 Å². The number of halogens is 1. The highest BCUT2D eigenvalue weighted by molar-refractivity contribution is 5.92. The van der Waals surface area contributed by atoms with E-state index in [0.717, 1.165) is 96.5 Å². The molecule has 0 saturated carbocycles. The first-order chi connectivity index (χ1) is 24.7. The standard InChI is InChI=1S/C38H44FN11O/c1-37(2,24-39)50-17-10-38(11-18-50)8-15-49(16-9-38)32-21-33(51-4)31(20-28(32)25-22-43-48(3)23-25)45-36-46-34-27(7-12-42-34)35(47-36)44-26-5-6-29-30(19-26)41-14-13-40-29/h5-7,12-14,19-23H,8-11,15-18,24H2,1-4H3,(H3,42,44,45,46,47). The molecule has 1 spiro atoms. The van der Waals surface area contributed by atoms with E-state index in [1.807, 2.05) is 68.4 Å². The summed E-state index contributed by atoms with van der Waals surface area (Å²) < 4.78 is 21.6. The summed E-state index contributed by atoms with van der Waals surface area (Å²) in [5, 5.41) is 12.3. The number of hydrogen-bond donors (Lipinski definition) is 3. The maximum atomic E-state index is 13.7. The molecule has 51 heavy (non-hydrogen) atoms. The molecule has 2 fully saturated rings. The van der Waals surface area contributed by atoms with Gasteiger partial charge in [-0.2, -0.15) is 15.1 Å². The van der Waals surface area contributed by atoms with Gasteiger partial charge in [0.1, 0.15) is 23.9 Å². The van der Waals surface area contributed by atoms with Crippen molar-refractivity contribution in [1.82, 2.24) is 39.6 Å². The fourth-order valence-electron chi connectivity index (χ4n) is 7.67. The molecule has 0 radical (unpaired) electrons. The number of anilines is 5. The quantitative estimate of drug-likeness (QED) is 0.143. The molecule has 0 aliphatic carbocycles. The minimum absolute atomic E-state index is 0.305. The summed E-state index contributed by atoms with van der Waals surface area (Å²) in [4.78, 5) is 26.6. The SMILES string of the molecule is COc1cc(N2CCC3(CC2)CCN(C(C)(C)CF)CC3)c(-c2cnn(C)c2)cc1Nc1nc(Nc2ccc3nccnc3c2)c2cc[nH]c2n1. The summed E-state index contributed by atoms with van der Waals surface area (Å²) in [5.41, 5.74) is 6.99. The zero-order chi connectivity index (χ0) is 35.2. The fraction of sp³-hybridized carbons (Fsp3) is 0.395. The molecular weight excluding hydrogens is 645 g/mol. The number of aromatic amines is 1. The molecule has 12 nitrogen and oxygen atoms in total. The van der Waals surface area contributed by atoms with E-state index in [1.165, 1.54) is 0 Å². The summed E-state index contributed by atoms with van der Waals surface area (Å²) in [6.45, 7) is 7.51. The van der Waals surface area contributed by atoms with Gasteiger partial charge in [0.15, 0.2) is 0 Å². The van der Waals surface area contributed by atoms with Gasteiger partial charge in [0.05, 0.1) is 35.4 Å². The molecular formula is C38H44FN11O. The van der Waals surface area contributed by atoms with Crippen LogP contribution in [0.1, 0.15) is 39.5 Å². The van der Waals surface area contributed by atoms with Gasteiger partial charge in [-0.3, -0.25) is 19.5 Å². The first-order valence-corrected chi connectivity index (χ1v) is 17.6. The Hall–Kier alpha value is -5.30. The maximum Gasteiger partial charge on any atom is 0.231 e. The number of likely N-dealkylation sites (tertiary alicyclic amines) is 1. The van der Waals surface area contributed by atoms with E-state index in [2.05, 4.69) is 52.6 Å². The summed E-state index contributed by atoms with van der Waals surface area (Å²) in [5.74, 6) is 1.76. The van der Waals surface area contributed by atoms with E-state index in [0.29, 0.717) is 28.6 Å². The van der Waals surface area contributed by atoms with Crippen molar-refractivity contribution in [1.29, 1.82) is 0 Å². The van der Waals surface area contributed by atoms with Crippen molar-refractivity contribution in [3.8, 4) is 16.9 Å². The Morgan fingerprint density at radius 3 is 2.43 bits per heavy atom. The lowest BCUT2D eigenvalue weighted by molar-refractivity contribution is 0.0112. The Morgan fingerprint density at radius 2 is 1.71 bits per heavy atom. The van der Waals surface area contributed by atoms with Gasteiger partial charge in [-0.25, -0.2) is 4.39 Å². The predicted octanol–water partition coefficient (Wildman–Crippen LogP) is 7.23. The Bertz CT molecular complexity index is 2180. The Balaban J connectivity index is 1.08. The summed E-state index contributed by atoms with van der Waals surface area (Å²) in [6, 6.07) is 12.0. The van der Waals surface area contributed by atoms with Crippen LogP contribution in [0.3, 0.4) is 0 Å². The first kappa shape index (κ1) is 32.9. The third kappa shape index (κ3) is 6.42. The lowest BCUT2D eigenvalue weighted by atomic mass is 9.70. The lowest BCUT2D eigenvalue weighted by Gasteiger charge is -2.50. The van der Waals surface area contributed by atoms with E-state index in [4.69, 9.17) is 14.7 Å². The molecule has 0 unspecified atom stereocenters. The Kier molecular flexibility index (Phi) is 8.45. The zero-order valence-corrected chi connectivity index (χ0v) is 29.6. The van der Waals surface area contributed by atoms with Crippen LogP contribution in [0.2, 0.25) is 0 Å². The molecule has 2 saturated heterocycles. The normalized spacial score (nSPS) is 16.6. The molecule has 6 heterocycles. The molecule has 0 bridgehead atoms. The van der Waals surface area contributed by atoms with Crippen LogP contribution in [0, 0.1) is 5.41 Å². The van der Waals surface area contributed by atoms with Crippen LogP contribution in [0.5, 0.6) is 5.75 Å². The van der Waals surface area contributed by atoms with Crippen LogP contribution >= 0.6 is 0 Å². The number of methoxy groups -OCH3 is 1. The molecule has 2 aromatic carbocycles. The maximum absolute atomic E-state index is 13.7. The molecule has 0 amide bonds. The molecule has 264 valence electrons. The number of rotatable bonds is 9. The van der Waals surface area contributed by atoms with E-state index in [1.54, 1.807) is 19.5 Å². The number of aryl methyl sites for hydroxylation is 1. The number of ether oxygens (including phenoxy) is 1. The van der Waals surface area contributed by atoms with Crippen molar-refractivity contribution in [2.24, 2.45) is 12.5 Å². The van der Waals surface area contributed by atoms with Gasteiger partial charge in [-0.1, -0.05) is 0 Å². The number of hydrogen-bond acceptors (Lipinski definition) is 10. The Labute approximate surface area is 296 Å². The van der Waals surface area contributed by atoms with Crippen molar-refractivity contribution >= 4 is 50.9 Å². The monoisotopic (exact) mass is 689 g/mol. The van der Waals surface area contributed by atoms with Gasteiger partial charge >= 0.3 is 0 Å². The highest BCUT2D eigenvalue weighted by Crippen LogP contribution is 2.46. The lowest BCUT2D eigenvalue weighted by Crippen LogP contribution is -2.53. The first-order valence-electron chi connectivity index (χ1n) is 17.6. The number of piperidine rings is 2. The van der Waals surface area contributed by atoms with Crippen LogP contribution in [0.25, 0.3) is 33.2 Å². The second kappa shape index (κ2) is 13.1. The van der Waals surface area contributed by atoms with Gasteiger partial charge in [-0.15, -0.1) is 0 Å². The predicted molar refractivity (Wildman–Crippen MR) is 200 cm³/mol. The topological polar surface area (TPSA) is 125 Å². The molecule has 3 N–H and O–H groups in total. The summed E-state index contributed by atoms with van der Waals surface area (Å²) in [7, 11) is 3.62. The van der Waals surface area contributed by atoms with Gasteiger partial charge in [0.2, 0.25) is 5.95 Å². The summed E-state index contributed by atoms with van der Waals surface area (Å²) >= 11 is 0. The number of nitrogens with zero attached hydrogens (tertiary/aromatic N) is 8. The van der Waals surface area contributed by atoms with Gasteiger partial charge in [0, 0.05) is 79.0 Å². The average Bonchev–Trinajstić information content (AvgIpc) is 3.81. The number of aromatic nitrogens is 7. The van der Waals surface area contributed by atoms with Crippen LogP contribution in [0.4, 0.5) is 33.2 Å². The minimum atomic E-state index is -0.392. The largest absolute Gasteiger partial charge is 0.494 e. The Morgan fingerprint density at radius 1 is 0.941 bits per heavy atom. The summed E-state index contributed by atoms with van der Waals surface area (Å²) in [6.07, 6.45) is 13.6. The molecule has 8 rings (SSSR count). The fourth-order valence-corrected chi connectivity index (χ4v) is 7.67. The molecule has 6 aromatic rings. The molecule has 2 aliphatic rings. The zero-order valence-electron chi connectivity index (χ0n) is 29.6. The van der Waals surface area contributed by atoms with Crippen molar-refractivity contribution in [3.63, 3.8) is 0 Å². The number of nitrogens with one attached hydrogen (secondary N) is 3. The highest BCUT2D eigenvalue weighted by Gasteiger charge is 2.41. The van der Waals surface area contributed by atoms with Gasteiger partial charge in [-0.05, 0) is 88.4 Å². The second-order valence-electron chi connectivity index (χ2n) is 14.5. The van der Waals surface area contributed by atoms with Crippen molar-refractivity contribution in [3.05, 3.63) is 67.4 Å². The third-order valence-corrected chi connectivity index (χ3v) is 10.9. The number of benzene rings is 2. The van der Waals surface area contributed by atoms with Crippen molar-refractivity contribution in [2.45, 2.75) is 45.1 Å². The van der Waals surface area contributed by atoms with Crippen molar-refractivity contribution in [2.75, 3.05) is 55.5 Å². The third-order valence-electron chi connectivity index (χ3n) is 10.9. The molecule has 2 aliphatic heterocycles. The minimum Gasteiger partial charge on any atom is -0.494 e. The highest BCUT2D eigenvalue weighted by atomic mass is 19.1. The van der Waals surface area contributed by atoms with E-state index in [9.17, 15) is 4.39 Å². The smallest absolute Gasteiger partial charge is 0.231 e. The van der Waals surface area contributed by atoms with E-state index in [-0.39, 0.29) is 6.67 Å². The van der Waals surface area contributed by atoms with Crippen LogP contribution in [-0.4, -0.2) is 85.1 Å².